The molecule has 26 heavy (non-hydrogen) atoms. The van der Waals surface area contributed by atoms with Gasteiger partial charge >= 0.3 is 0 Å². The van der Waals surface area contributed by atoms with Crippen molar-refractivity contribution in [2.24, 2.45) is 0 Å². The summed E-state index contributed by atoms with van der Waals surface area (Å²) in [7, 11) is -3.62. The lowest BCUT2D eigenvalue weighted by atomic mass is 10.3. The molecule has 0 radical (unpaired) electrons. The van der Waals surface area contributed by atoms with Gasteiger partial charge in [0.05, 0.1) is 21.8 Å². The zero-order valence-corrected chi connectivity index (χ0v) is 16.6. The highest BCUT2D eigenvalue weighted by molar-refractivity contribution is 7.89. The van der Waals surface area contributed by atoms with Gasteiger partial charge in [0.25, 0.3) is 0 Å². The zero-order chi connectivity index (χ0) is 19.3. The van der Waals surface area contributed by atoms with Crippen molar-refractivity contribution in [2.75, 3.05) is 18.4 Å². The van der Waals surface area contributed by atoms with Gasteiger partial charge in [0.1, 0.15) is 0 Å². The maximum absolute atomic E-state index is 12.6. The number of hydrogen-bond donors (Lipinski definition) is 1. The van der Waals surface area contributed by atoms with Gasteiger partial charge < -0.3 is 5.32 Å². The number of hydrogen-bond acceptors (Lipinski definition) is 4. The SMILES string of the molecule is CCN(CC)S(=O)(=O)c1ccc(Cl)c(NC(=O)CCn2cc(C)cn2)c1. The first-order valence-corrected chi connectivity index (χ1v) is 10.2. The molecule has 0 aliphatic rings. The molecule has 0 bridgehead atoms. The zero-order valence-electron chi connectivity index (χ0n) is 15.1. The third kappa shape index (κ3) is 4.84. The second-order valence-electron chi connectivity index (χ2n) is 5.81. The first-order valence-electron chi connectivity index (χ1n) is 8.36. The van der Waals surface area contributed by atoms with Crippen molar-refractivity contribution in [1.82, 2.24) is 14.1 Å². The summed E-state index contributed by atoms with van der Waals surface area (Å²) in [6.07, 6.45) is 3.76. The molecule has 1 aromatic heterocycles. The average Bonchev–Trinajstić information content (AvgIpc) is 3.01. The van der Waals surface area contributed by atoms with Crippen molar-refractivity contribution in [2.45, 2.75) is 38.6 Å². The van der Waals surface area contributed by atoms with E-state index in [1.807, 2.05) is 13.1 Å². The van der Waals surface area contributed by atoms with Crippen molar-refractivity contribution in [3.63, 3.8) is 0 Å². The molecule has 0 aliphatic heterocycles. The van der Waals surface area contributed by atoms with Crippen LogP contribution in [0.3, 0.4) is 0 Å². The van der Waals surface area contributed by atoms with E-state index in [1.165, 1.54) is 22.5 Å². The Morgan fingerprint density at radius 1 is 1.31 bits per heavy atom. The minimum atomic E-state index is -3.62. The largest absolute Gasteiger partial charge is 0.325 e. The highest BCUT2D eigenvalue weighted by Gasteiger charge is 2.22. The normalized spacial score (nSPS) is 11.7. The summed E-state index contributed by atoms with van der Waals surface area (Å²) in [6.45, 7) is 6.63. The number of carbonyl (C=O) groups is 1. The van der Waals surface area contributed by atoms with E-state index < -0.39 is 10.0 Å². The molecule has 0 unspecified atom stereocenters. The maximum Gasteiger partial charge on any atom is 0.243 e. The van der Waals surface area contributed by atoms with Crippen LogP contribution in [0.5, 0.6) is 0 Å². The van der Waals surface area contributed by atoms with Crippen LogP contribution in [0, 0.1) is 6.92 Å². The number of carbonyl (C=O) groups excluding carboxylic acids is 1. The fourth-order valence-electron chi connectivity index (χ4n) is 2.49. The fraction of sp³-hybridized carbons (Fsp3) is 0.412. The molecule has 0 saturated heterocycles. The van der Waals surface area contributed by atoms with Gasteiger partial charge in [-0.3, -0.25) is 9.48 Å². The number of aryl methyl sites for hydroxylation is 2. The Morgan fingerprint density at radius 3 is 2.58 bits per heavy atom. The van der Waals surface area contributed by atoms with Crippen LogP contribution in [0.1, 0.15) is 25.8 Å². The molecule has 1 aromatic carbocycles. The van der Waals surface area contributed by atoms with Crippen LogP contribution >= 0.6 is 11.6 Å². The summed E-state index contributed by atoms with van der Waals surface area (Å²) < 4.78 is 28.3. The number of nitrogens with zero attached hydrogens (tertiary/aromatic N) is 3. The molecule has 1 heterocycles. The van der Waals surface area contributed by atoms with E-state index >= 15 is 0 Å². The van der Waals surface area contributed by atoms with Crippen molar-refractivity contribution >= 4 is 33.2 Å². The summed E-state index contributed by atoms with van der Waals surface area (Å²) in [5, 5.41) is 7.09. The Labute approximate surface area is 159 Å². The summed E-state index contributed by atoms with van der Waals surface area (Å²) >= 11 is 6.12. The topological polar surface area (TPSA) is 84.3 Å². The van der Waals surface area contributed by atoms with Gasteiger partial charge in [-0.1, -0.05) is 25.4 Å². The molecule has 2 rings (SSSR count). The molecule has 2 aromatic rings. The molecule has 142 valence electrons. The number of sulfonamides is 1. The van der Waals surface area contributed by atoms with Crippen molar-refractivity contribution in [3.8, 4) is 0 Å². The van der Waals surface area contributed by atoms with E-state index in [9.17, 15) is 13.2 Å². The molecule has 7 nitrogen and oxygen atoms in total. The molecule has 0 fully saturated rings. The standard InChI is InChI=1S/C17H23ClN4O3S/c1-4-22(5-2)26(24,25)14-6-7-15(18)16(10-14)20-17(23)8-9-21-12-13(3)11-19-21/h6-7,10-12H,4-5,8-9H2,1-3H3,(H,20,23). The molecule has 1 N–H and O–H groups in total. The molecule has 1 amide bonds. The monoisotopic (exact) mass is 398 g/mol. The van der Waals surface area contributed by atoms with Crippen LogP contribution in [0.25, 0.3) is 0 Å². The molecule has 9 heteroatoms. The van der Waals surface area contributed by atoms with E-state index in [0.717, 1.165) is 5.56 Å². The van der Waals surface area contributed by atoms with E-state index in [-0.39, 0.29) is 27.9 Å². The fourth-order valence-corrected chi connectivity index (χ4v) is 4.14. The number of anilines is 1. The number of benzene rings is 1. The summed E-state index contributed by atoms with van der Waals surface area (Å²) in [5.74, 6) is -0.266. The first kappa shape index (κ1) is 20.4. The molecule has 0 atom stereocenters. The first-order chi connectivity index (χ1) is 12.3. The predicted molar refractivity (Wildman–Crippen MR) is 102 cm³/mol. The van der Waals surface area contributed by atoms with Crippen molar-refractivity contribution < 1.29 is 13.2 Å². The van der Waals surface area contributed by atoms with Gasteiger partial charge in [0.2, 0.25) is 15.9 Å². The highest BCUT2D eigenvalue weighted by atomic mass is 35.5. The number of nitrogens with one attached hydrogen (secondary N) is 1. The summed E-state index contributed by atoms with van der Waals surface area (Å²) in [5.41, 5.74) is 1.30. The van der Waals surface area contributed by atoms with Gasteiger partial charge in [-0.25, -0.2) is 8.42 Å². The van der Waals surface area contributed by atoms with Gasteiger partial charge in [0.15, 0.2) is 0 Å². The van der Waals surface area contributed by atoms with Crippen LogP contribution in [0.4, 0.5) is 5.69 Å². The number of aromatic nitrogens is 2. The summed E-state index contributed by atoms with van der Waals surface area (Å²) in [6, 6.07) is 4.31. The van der Waals surface area contributed by atoms with Crippen molar-refractivity contribution in [3.05, 3.63) is 41.2 Å². The third-order valence-electron chi connectivity index (χ3n) is 3.89. The Hall–Kier alpha value is -1.90. The predicted octanol–water partition coefficient (Wildman–Crippen LogP) is 2.90. The molecule has 0 aliphatic carbocycles. The van der Waals surface area contributed by atoms with E-state index in [0.29, 0.717) is 19.6 Å². The Kier molecular flexibility index (Phi) is 6.80. The Morgan fingerprint density at radius 2 is 2.00 bits per heavy atom. The number of amides is 1. The van der Waals surface area contributed by atoms with Crippen LogP contribution in [0.2, 0.25) is 5.02 Å². The minimum Gasteiger partial charge on any atom is -0.325 e. The third-order valence-corrected chi connectivity index (χ3v) is 6.26. The lowest BCUT2D eigenvalue weighted by Gasteiger charge is -2.19. The van der Waals surface area contributed by atoms with Crippen LogP contribution in [-0.4, -0.2) is 41.5 Å². The highest BCUT2D eigenvalue weighted by Crippen LogP contribution is 2.27. The number of rotatable bonds is 8. The maximum atomic E-state index is 12.6. The van der Waals surface area contributed by atoms with Gasteiger partial charge in [-0.2, -0.15) is 9.40 Å². The van der Waals surface area contributed by atoms with Gasteiger partial charge in [-0.15, -0.1) is 0 Å². The van der Waals surface area contributed by atoms with E-state index in [1.54, 1.807) is 24.7 Å². The van der Waals surface area contributed by atoms with Gasteiger partial charge in [-0.05, 0) is 30.7 Å². The quantitative estimate of drug-likeness (QED) is 0.740. The number of halogens is 1. The lowest BCUT2D eigenvalue weighted by molar-refractivity contribution is -0.116. The Bertz CT molecular complexity index is 876. The molecule has 0 saturated carbocycles. The smallest absolute Gasteiger partial charge is 0.243 e. The summed E-state index contributed by atoms with van der Waals surface area (Å²) in [4.78, 5) is 12.3. The van der Waals surface area contributed by atoms with Crippen molar-refractivity contribution in [1.29, 1.82) is 0 Å². The minimum absolute atomic E-state index is 0.101. The average molecular weight is 399 g/mol. The molecular formula is C17H23ClN4O3S. The van der Waals surface area contributed by atoms with Crippen LogP contribution in [-0.2, 0) is 21.4 Å². The Balaban J connectivity index is 2.13. The van der Waals surface area contributed by atoms with Gasteiger partial charge in [0, 0.05) is 32.3 Å². The second-order valence-corrected chi connectivity index (χ2v) is 8.16. The van der Waals surface area contributed by atoms with Crippen LogP contribution in [0.15, 0.2) is 35.5 Å². The molecular weight excluding hydrogens is 376 g/mol. The van der Waals surface area contributed by atoms with E-state index in [4.69, 9.17) is 11.6 Å². The second kappa shape index (κ2) is 8.66. The van der Waals surface area contributed by atoms with E-state index in [2.05, 4.69) is 10.4 Å². The molecule has 0 spiro atoms. The lowest BCUT2D eigenvalue weighted by Crippen LogP contribution is -2.30. The van der Waals surface area contributed by atoms with Crippen LogP contribution < -0.4 is 5.32 Å².